The molecule has 6 heteroatoms. The lowest BCUT2D eigenvalue weighted by Gasteiger charge is -2.04. The first-order chi connectivity index (χ1) is 6.68. The maximum absolute atomic E-state index is 11.4. The van der Waals surface area contributed by atoms with E-state index in [4.69, 9.17) is 5.73 Å². The number of H-pyrrole nitrogens is 1. The van der Waals surface area contributed by atoms with Crippen molar-refractivity contribution in [2.75, 3.05) is 5.75 Å². The summed E-state index contributed by atoms with van der Waals surface area (Å²) in [5.41, 5.74) is 5.55. The first-order valence-electron chi connectivity index (χ1n) is 4.73. The summed E-state index contributed by atoms with van der Waals surface area (Å²) in [7, 11) is 0. The number of aromatic amines is 1. The highest BCUT2D eigenvalue weighted by molar-refractivity contribution is 7.99. The summed E-state index contributed by atoms with van der Waals surface area (Å²) >= 11 is 1.54. The average Bonchev–Trinajstić information content (AvgIpc) is 2.88. The van der Waals surface area contributed by atoms with Gasteiger partial charge in [0, 0.05) is 17.8 Å². The Kier molecular flexibility index (Phi) is 2.64. The van der Waals surface area contributed by atoms with E-state index in [1.54, 1.807) is 4.57 Å². The summed E-state index contributed by atoms with van der Waals surface area (Å²) in [5.74, 6) is 0.789. The van der Waals surface area contributed by atoms with Crippen molar-refractivity contribution in [3.8, 4) is 0 Å². The van der Waals surface area contributed by atoms with Crippen molar-refractivity contribution < 1.29 is 0 Å². The largest absolute Gasteiger partial charge is 0.344 e. The Labute approximate surface area is 86.1 Å². The highest BCUT2D eigenvalue weighted by Gasteiger charge is 2.28. The minimum Gasteiger partial charge on any atom is -0.327 e. The summed E-state index contributed by atoms with van der Waals surface area (Å²) in [6, 6.07) is 0.497. The molecule has 1 aromatic heterocycles. The van der Waals surface area contributed by atoms with E-state index in [1.165, 1.54) is 11.8 Å². The molecule has 0 aliphatic heterocycles. The van der Waals surface area contributed by atoms with Crippen LogP contribution in [0.3, 0.4) is 0 Å². The van der Waals surface area contributed by atoms with Crippen molar-refractivity contribution in [2.45, 2.75) is 37.0 Å². The molecule has 3 N–H and O–H groups in total. The lowest BCUT2D eigenvalue weighted by Crippen LogP contribution is -2.19. The maximum Gasteiger partial charge on any atom is 0.344 e. The fourth-order valence-corrected chi connectivity index (χ4v) is 2.15. The van der Waals surface area contributed by atoms with Crippen LogP contribution in [-0.4, -0.2) is 26.6 Å². The van der Waals surface area contributed by atoms with E-state index in [-0.39, 0.29) is 11.7 Å². The monoisotopic (exact) mass is 214 g/mol. The quantitative estimate of drug-likeness (QED) is 0.709. The Morgan fingerprint density at radius 1 is 1.79 bits per heavy atom. The Balaban J connectivity index is 2.12. The van der Waals surface area contributed by atoms with E-state index in [0.717, 1.165) is 23.8 Å². The normalized spacial score (nSPS) is 18.4. The minimum atomic E-state index is -0.0975. The van der Waals surface area contributed by atoms with Crippen LogP contribution < -0.4 is 11.4 Å². The molecule has 2 rings (SSSR count). The highest BCUT2D eigenvalue weighted by Crippen LogP contribution is 2.35. The number of hydrogen-bond donors (Lipinski definition) is 2. The standard InChI is InChI=1S/C8H14N4OS/c1-5(9)4-14-8-11-10-7(13)12(8)6-2-3-6/h5-6H,2-4,9H2,1H3,(H,10,13)/t5-/m1/s1. The third kappa shape index (κ3) is 2.01. The van der Waals surface area contributed by atoms with Crippen LogP contribution >= 0.6 is 11.8 Å². The number of nitrogens with one attached hydrogen (secondary N) is 1. The van der Waals surface area contributed by atoms with Gasteiger partial charge >= 0.3 is 5.69 Å². The van der Waals surface area contributed by atoms with Gasteiger partial charge < -0.3 is 5.73 Å². The van der Waals surface area contributed by atoms with Gasteiger partial charge in [0.1, 0.15) is 0 Å². The predicted molar refractivity (Wildman–Crippen MR) is 55.5 cm³/mol. The van der Waals surface area contributed by atoms with Crippen LogP contribution in [0.4, 0.5) is 0 Å². The fraction of sp³-hybridized carbons (Fsp3) is 0.750. The molecule has 0 radical (unpaired) electrons. The van der Waals surface area contributed by atoms with Crippen LogP contribution in [-0.2, 0) is 0 Å². The van der Waals surface area contributed by atoms with Crippen molar-refractivity contribution >= 4 is 11.8 Å². The molecule has 0 saturated heterocycles. The second-order valence-electron chi connectivity index (χ2n) is 3.70. The molecular weight excluding hydrogens is 200 g/mol. The number of hydrogen-bond acceptors (Lipinski definition) is 4. The number of rotatable bonds is 4. The van der Waals surface area contributed by atoms with Gasteiger partial charge in [0.15, 0.2) is 5.16 Å². The molecule has 0 spiro atoms. The van der Waals surface area contributed by atoms with Gasteiger partial charge in [0.2, 0.25) is 0 Å². The molecule has 78 valence electrons. The molecule has 1 aliphatic carbocycles. The third-order valence-corrected chi connectivity index (χ3v) is 3.30. The number of nitrogens with zero attached hydrogens (tertiary/aromatic N) is 2. The van der Waals surface area contributed by atoms with Crippen molar-refractivity contribution in [1.29, 1.82) is 0 Å². The summed E-state index contributed by atoms with van der Waals surface area (Å²) in [5, 5.41) is 7.23. The van der Waals surface area contributed by atoms with Crippen molar-refractivity contribution in [3.63, 3.8) is 0 Å². The molecule has 1 aromatic rings. The van der Waals surface area contributed by atoms with E-state index < -0.39 is 0 Å². The third-order valence-electron chi connectivity index (χ3n) is 2.06. The van der Waals surface area contributed by atoms with E-state index in [0.29, 0.717) is 6.04 Å². The Morgan fingerprint density at radius 3 is 3.07 bits per heavy atom. The van der Waals surface area contributed by atoms with Gasteiger partial charge in [0.25, 0.3) is 0 Å². The molecule has 0 amide bonds. The topological polar surface area (TPSA) is 76.7 Å². The van der Waals surface area contributed by atoms with Crippen LogP contribution in [0.5, 0.6) is 0 Å². The SMILES string of the molecule is C[C@@H](N)CSc1n[nH]c(=O)n1C1CC1. The van der Waals surface area contributed by atoms with Gasteiger partial charge in [-0.05, 0) is 19.8 Å². The molecule has 0 unspecified atom stereocenters. The summed E-state index contributed by atoms with van der Waals surface area (Å²) < 4.78 is 1.74. The zero-order valence-corrected chi connectivity index (χ0v) is 8.88. The number of aromatic nitrogens is 3. The van der Waals surface area contributed by atoms with Crippen LogP contribution in [0.1, 0.15) is 25.8 Å². The summed E-state index contributed by atoms with van der Waals surface area (Å²) in [6.07, 6.45) is 2.18. The second-order valence-corrected chi connectivity index (χ2v) is 4.69. The first-order valence-corrected chi connectivity index (χ1v) is 5.72. The van der Waals surface area contributed by atoms with Crippen LogP contribution in [0.2, 0.25) is 0 Å². The molecular formula is C8H14N4OS. The van der Waals surface area contributed by atoms with E-state index in [2.05, 4.69) is 10.2 Å². The molecule has 1 saturated carbocycles. The van der Waals surface area contributed by atoms with E-state index in [9.17, 15) is 4.79 Å². The van der Waals surface area contributed by atoms with Crippen LogP contribution in [0, 0.1) is 0 Å². The van der Waals surface area contributed by atoms with Crippen LogP contribution in [0.15, 0.2) is 9.95 Å². The van der Waals surface area contributed by atoms with Gasteiger partial charge in [-0.1, -0.05) is 11.8 Å². The number of nitrogens with two attached hydrogens (primary N) is 1. The van der Waals surface area contributed by atoms with E-state index >= 15 is 0 Å². The molecule has 1 atom stereocenters. The smallest absolute Gasteiger partial charge is 0.327 e. The fourth-order valence-electron chi connectivity index (χ4n) is 1.25. The number of thioether (sulfide) groups is 1. The van der Waals surface area contributed by atoms with Gasteiger partial charge in [-0.15, -0.1) is 5.10 Å². The van der Waals surface area contributed by atoms with Crippen molar-refractivity contribution in [1.82, 2.24) is 14.8 Å². The minimum absolute atomic E-state index is 0.0975. The van der Waals surface area contributed by atoms with Crippen LogP contribution in [0.25, 0.3) is 0 Å². The molecule has 5 nitrogen and oxygen atoms in total. The van der Waals surface area contributed by atoms with Gasteiger partial charge in [0.05, 0.1) is 0 Å². The summed E-state index contributed by atoms with van der Waals surface area (Å²) in [4.78, 5) is 11.4. The molecule has 1 aliphatic rings. The van der Waals surface area contributed by atoms with Gasteiger partial charge in [-0.25, -0.2) is 9.89 Å². The predicted octanol–water partition coefficient (Wildman–Crippen LogP) is 0.346. The molecule has 14 heavy (non-hydrogen) atoms. The first kappa shape index (κ1) is 9.79. The molecule has 0 aromatic carbocycles. The zero-order chi connectivity index (χ0) is 10.1. The highest BCUT2D eigenvalue weighted by atomic mass is 32.2. The Hall–Kier alpha value is -0.750. The lowest BCUT2D eigenvalue weighted by molar-refractivity contribution is 0.641. The van der Waals surface area contributed by atoms with E-state index in [1.807, 2.05) is 6.92 Å². The van der Waals surface area contributed by atoms with Gasteiger partial charge in [-0.2, -0.15) is 0 Å². The summed E-state index contributed by atoms with van der Waals surface area (Å²) in [6.45, 7) is 1.94. The zero-order valence-electron chi connectivity index (χ0n) is 8.06. The average molecular weight is 214 g/mol. The van der Waals surface area contributed by atoms with Gasteiger partial charge in [-0.3, -0.25) is 4.57 Å². The Morgan fingerprint density at radius 2 is 2.50 bits per heavy atom. The van der Waals surface area contributed by atoms with Crippen molar-refractivity contribution in [2.24, 2.45) is 5.73 Å². The Bertz CT molecular complexity index is 366. The van der Waals surface area contributed by atoms with Crippen molar-refractivity contribution in [3.05, 3.63) is 10.5 Å². The maximum atomic E-state index is 11.4. The molecule has 0 bridgehead atoms. The molecule has 1 fully saturated rings. The molecule has 1 heterocycles. The second kappa shape index (κ2) is 3.78. The lowest BCUT2D eigenvalue weighted by atomic mass is 10.4.